The highest BCUT2D eigenvalue weighted by Gasteiger charge is 2.43. The molecule has 85 heavy (non-hydrogen) atoms. The Labute approximate surface area is 506 Å². The van der Waals surface area contributed by atoms with Crippen LogP contribution in [-0.4, -0.2) is 183 Å². The average molecular weight is 1210 g/mol. The van der Waals surface area contributed by atoms with Crippen molar-refractivity contribution in [2.45, 2.75) is 272 Å². The third kappa shape index (κ3) is 26.4. The number of Topliss-reactive ketones (excluding diaryl/α,β-unsaturated/α-hetero) is 1. The van der Waals surface area contributed by atoms with Crippen molar-refractivity contribution in [1.29, 1.82) is 0 Å². The van der Waals surface area contributed by atoms with E-state index in [0.29, 0.717) is 45.3 Å². The molecule has 0 spiro atoms. The SMILES string of the molecule is CCCCCCCC[C@@H](C)C(=O)N1CCC[C@H]1C(=O)N[C@@H](C[C@H](C)C[C@H](O)CC(=O)CC)C(=O)N[C@@H](C)C(=O)NC(C)(C)C(=O)NC(C)(C)C(=O)N[C@H](C(=O)N[C@@H](C)C(=O)NC(C)(C)C(=O)NC(C)(C)C(=O)N[C@@H](C)CN(C)CCO)[C@@H](C)CC. The van der Waals surface area contributed by atoms with Gasteiger partial charge in [-0.3, -0.25) is 52.7 Å². The lowest BCUT2D eigenvalue weighted by molar-refractivity contribution is -0.142. The summed E-state index contributed by atoms with van der Waals surface area (Å²) in [6.07, 6.45) is 7.95. The Bertz CT molecular complexity index is 2260. The Morgan fingerprint density at radius 3 is 1.60 bits per heavy atom. The van der Waals surface area contributed by atoms with Crippen LogP contribution >= 0.6 is 0 Å². The van der Waals surface area contributed by atoms with Crippen LogP contribution in [0.4, 0.5) is 0 Å². The zero-order valence-electron chi connectivity index (χ0n) is 54.8. The molecule has 1 fully saturated rings. The molecule has 11 N–H and O–H groups in total. The first-order valence-corrected chi connectivity index (χ1v) is 30.9. The molecule has 24 heteroatoms. The first-order valence-electron chi connectivity index (χ1n) is 30.9. The van der Waals surface area contributed by atoms with Gasteiger partial charge in [0.2, 0.25) is 59.1 Å². The Balaban J connectivity index is 3.14. The highest BCUT2D eigenvalue weighted by molar-refractivity contribution is 6.01. The summed E-state index contributed by atoms with van der Waals surface area (Å²) in [7, 11) is 1.80. The van der Waals surface area contributed by atoms with Gasteiger partial charge in [-0.1, -0.05) is 86.5 Å². The molecule has 10 amide bonds. The molecule has 1 rings (SSSR count). The number of unbranched alkanes of at least 4 members (excludes halogenated alkanes) is 5. The molecule has 0 aromatic carbocycles. The fraction of sp³-hybridized carbons (Fsp3) is 0.820. The lowest BCUT2D eigenvalue weighted by atomic mass is 9.92. The zero-order valence-corrected chi connectivity index (χ0v) is 54.8. The summed E-state index contributed by atoms with van der Waals surface area (Å²) < 4.78 is 0. The van der Waals surface area contributed by atoms with Gasteiger partial charge in [-0.05, 0) is 127 Å². The van der Waals surface area contributed by atoms with Crippen LogP contribution in [0.25, 0.3) is 0 Å². The third-order valence-electron chi connectivity index (χ3n) is 15.8. The van der Waals surface area contributed by atoms with Gasteiger partial charge in [-0.25, -0.2) is 0 Å². The normalized spacial score (nSPS) is 17.1. The molecule has 0 aromatic rings. The van der Waals surface area contributed by atoms with E-state index in [1.807, 2.05) is 11.8 Å². The smallest absolute Gasteiger partial charge is 0.246 e. The molecule has 0 saturated carbocycles. The van der Waals surface area contributed by atoms with Crippen molar-refractivity contribution in [3.63, 3.8) is 0 Å². The lowest BCUT2D eigenvalue weighted by Crippen LogP contribution is -2.66. The number of likely N-dealkylation sites (tertiary alicyclic amines) is 1. The summed E-state index contributed by atoms with van der Waals surface area (Å²) >= 11 is 0. The Morgan fingerprint density at radius 1 is 0.600 bits per heavy atom. The Kier molecular flexibility index (Phi) is 32.5. The van der Waals surface area contributed by atoms with Gasteiger partial charge in [0.05, 0.1) is 12.7 Å². The van der Waals surface area contributed by atoms with Gasteiger partial charge in [-0.2, -0.15) is 0 Å². The second-order valence-electron chi connectivity index (χ2n) is 26.1. The number of hydrogen-bond acceptors (Lipinski definition) is 14. The summed E-state index contributed by atoms with van der Waals surface area (Å²) in [5.74, 6) is -7.69. The number of ketones is 1. The molecule has 0 unspecified atom stereocenters. The third-order valence-corrected chi connectivity index (χ3v) is 15.8. The summed E-state index contributed by atoms with van der Waals surface area (Å²) in [5, 5.41) is 44.1. The van der Waals surface area contributed by atoms with Crippen molar-refractivity contribution in [1.82, 2.24) is 57.7 Å². The fourth-order valence-corrected chi connectivity index (χ4v) is 9.78. The van der Waals surface area contributed by atoms with Gasteiger partial charge in [-0.15, -0.1) is 0 Å². The Hall–Kier alpha value is -5.75. The predicted molar refractivity (Wildman–Crippen MR) is 326 cm³/mol. The van der Waals surface area contributed by atoms with Gasteiger partial charge in [0.1, 0.15) is 58.1 Å². The van der Waals surface area contributed by atoms with Crippen LogP contribution in [0.2, 0.25) is 0 Å². The summed E-state index contributed by atoms with van der Waals surface area (Å²) in [4.78, 5) is 153. The Morgan fingerprint density at radius 2 is 1.09 bits per heavy atom. The van der Waals surface area contributed by atoms with Gasteiger partial charge >= 0.3 is 0 Å². The van der Waals surface area contributed by atoms with Crippen LogP contribution in [0, 0.1) is 17.8 Å². The van der Waals surface area contributed by atoms with Crippen molar-refractivity contribution < 1.29 is 63.0 Å². The minimum atomic E-state index is -1.70. The van der Waals surface area contributed by atoms with Crippen LogP contribution in [0.5, 0.6) is 0 Å². The van der Waals surface area contributed by atoms with E-state index in [9.17, 15) is 63.0 Å². The maximum absolute atomic E-state index is 14.1. The zero-order chi connectivity index (χ0) is 65.4. The minimum Gasteiger partial charge on any atom is -0.395 e. The number of carbonyl (C=O) groups excluding carboxylic acids is 11. The van der Waals surface area contributed by atoms with Gasteiger partial charge in [0.25, 0.3) is 0 Å². The van der Waals surface area contributed by atoms with E-state index >= 15 is 0 Å². The van der Waals surface area contributed by atoms with Crippen molar-refractivity contribution in [3.8, 4) is 0 Å². The van der Waals surface area contributed by atoms with Crippen LogP contribution in [-0.2, 0) is 52.7 Å². The van der Waals surface area contributed by atoms with Gasteiger partial charge in [0.15, 0.2) is 0 Å². The molecule has 0 aliphatic carbocycles. The predicted octanol–water partition coefficient (Wildman–Crippen LogP) is 2.54. The quantitative estimate of drug-likeness (QED) is 0.0395. The number of nitrogens with zero attached hydrogens (tertiary/aromatic N) is 2. The maximum Gasteiger partial charge on any atom is 0.246 e. The number of carbonyl (C=O) groups is 11. The van der Waals surface area contributed by atoms with Crippen molar-refractivity contribution in [3.05, 3.63) is 0 Å². The fourth-order valence-electron chi connectivity index (χ4n) is 9.78. The first kappa shape index (κ1) is 77.3. The number of rotatable bonds is 39. The number of nitrogens with one attached hydrogen (secondary N) is 9. The van der Waals surface area contributed by atoms with Crippen LogP contribution in [0.1, 0.15) is 208 Å². The summed E-state index contributed by atoms with van der Waals surface area (Å²) in [5.41, 5.74) is -6.36. The molecule has 0 aromatic heterocycles. The molecule has 1 aliphatic rings. The van der Waals surface area contributed by atoms with Gasteiger partial charge < -0.3 is 67.9 Å². The van der Waals surface area contributed by atoms with Crippen molar-refractivity contribution in [2.75, 3.05) is 33.3 Å². The molecule has 1 aliphatic heterocycles. The number of hydrogen-bond donors (Lipinski definition) is 11. The molecule has 1 saturated heterocycles. The van der Waals surface area contributed by atoms with Crippen molar-refractivity contribution in [2.24, 2.45) is 17.8 Å². The molecule has 10 atom stereocenters. The number of amides is 10. The largest absolute Gasteiger partial charge is 0.395 e. The van der Waals surface area contributed by atoms with E-state index in [2.05, 4.69) is 54.8 Å². The topological polar surface area (TPSA) is 343 Å². The van der Waals surface area contributed by atoms with Crippen molar-refractivity contribution >= 4 is 64.9 Å². The first-order chi connectivity index (χ1) is 39.3. The molecule has 24 nitrogen and oxygen atoms in total. The van der Waals surface area contributed by atoms with Crippen LogP contribution in [0.15, 0.2) is 0 Å². The second kappa shape index (κ2) is 35.8. The van der Waals surface area contributed by atoms with Crippen LogP contribution < -0.4 is 47.9 Å². The number of aliphatic hydroxyl groups excluding tert-OH is 2. The van der Waals surface area contributed by atoms with E-state index in [-0.39, 0.29) is 61.9 Å². The molecular weight excluding hydrogens is 1090 g/mol. The minimum absolute atomic E-state index is 0.0192. The summed E-state index contributed by atoms with van der Waals surface area (Å²) in [6, 6.07) is -6.06. The van der Waals surface area contributed by atoms with Gasteiger partial charge in [0, 0.05) is 44.4 Å². The van der Waals surface area contributed by atoms with E-state index < -0.39 is 118 Å². The molecular formula is C61H111N11O13. The molecule has 0 bridgehead atoms. The van der Waals surface area contributed by atoms with E-state index in [4.69, 9.17) is 0 Å². The highest BCUT2D eigenvalue weighted by atomic mass is 16.3. The van der Waals surface area contributed by atoms with Crippen LogP contribution in [0.3, 0.4) is 0 Å². The average Bonchev–Trinajstić information content (AvgIpc) is 4.18. The molecule has 1 heterocycles. The standard InChI is InChI=1S/C61H111N11O13/c1-19-22-23-24-25-26-28-39(6)53(81)72-30-27-29-46(72)51(79)65-45(34-37(4)33-44(75)35-43(74)21-3)50(78)63-41(8)48(76)67-61(16,17)57(85)70-59(12,13)55(83)66-47(38(5)20-2)52(80)64-42(9)49(77)68-60(14,15)56(84)69-58(10,11)54(82)62-40(7)36-71(18)31-32-73/h37-42,44-47,73,75H,19-36H2,1-18H3,(H,62,82)(H,63,78)(H,64,80)(H,65,79)(H,66,83)(H,67,76)(H,68,77)(H,69,84)(H,70,85)/t37-,38+,39-,40+,41+,42+,44+,45+,46+,47+/m1/s1. The van der Waals surface area contributed by atoms with E-state index in [1.54, 1.807) is 46.6 Å². The lowest BCUT2D eigenvalue weighted by Gasteiger charge is -2.34. The maximum atomic E-state index is 14.1. The highest BCUT2D eigenvalue weighted by Crippen LogP contribution is 2.24. The van der Waals surface area contributed by atoms with E-state index in [0.717, 1.165) is 32.1 Å². The molecule has 0 radical (unpaired) electrons. The molecule has 488 valence electrons. The summed E-state index contributed by atoms with van der Waals surface area (Å²) in [6.45, 7) is 28.3. The second-order valence-corrected chi connectivity index (χ2v) is 26.1. The van der Waals surface area contributed by atoms with E-state index in [1.165, 1.54) is 75.7 Å². The number of aliphatic hydroxyl groups is 2. The monoisotopic (exact) mass is 1210 g/mol. The number of likely N-dealkylation sites (N-methyl/N-ethyl adjacent to an activating group) is 1.